The Morgan fingerprint density at radius 2 is 2.06 bits per heavy atom. The molecule has 0 aromatic carbocycles. The SMILES string of the molecule is Fc1cc(C(F)(F)F)cnc1OC1CNC1. The Hall–Kier alpha value is -1.37. The first-order chi connectivity index (χ1) is 7.47. The smallest absolute Gasteiger partial charge is 0.417 e. The Labute approximate surface area is 88.4 Å². The molecule has 2 heterocycles. The topological polar surface area (TPSA) is 34.1 Å². The third kappa shape index (κ3) is 2.24. The van der Waals surface area contributed by atoms with Gasteiger partial charge in [0, 0.05) is 19.3 Å². The molecule has 1 aromatic rings. The number of hydrogen-bond acceptors (Lipinski definition) is 3. The minimum atomic E-state index is -4.59. The van der Waals surface area contributed by atoms with Crippen molar-refractivity contribution in [2.24, 2.45) is 0 Å². The zero-order chi connectivity index (χ0) is 11.8. The van der Waals surface area contributed by atoms with Gasteiger partial charge in [-0.25, -0.2) is 9.37 Å². The second-order valence-corrected chi connectivity index (χ2v) is 3.41. The van der Waals surface area contributed by atoms with E-state index in [4.69, 9.17) is 4.74 Å². The number of ether oxygens (including phenoxy) is 1. The summed E-state index contributed by atoms with van der Waals surface area (Å²) >= 11 is 0. The van der Waals surface area contributed by atoms with Crippen LogP contribution in [0.15, 0.2) is 12.3 Å². The maximum absolute atomic E-state index is 13.2. The molecule has 1 aliphatic rings. The molecular formula is C9H8F4N2O. The average molecular weight is 236 g/mol. The van der Waals surface area contributed by atoms with Gasteiger partial charge in [-0.2, -0.15) is 13.2 Å². The van der Waals surface area contributed by atoms with Gasteiger partial charge in [0.2, 0.25) is 0 Å². The summed E-state index contributed by atoms with van der Waals surface area (Å²) in [7, 11) is 0. The van der Waals surface area contributed by atoms with E-state index in [1.165, 1.54) is 0 Å². The highest BCUT2D eigenvalue weighted by Crippen LogP contribution is 2.30. The van der Waals surface area contributed by atoms with Gasteiger partial charge >= 0.3 is 6.18 Å². The summed E-state index contributed by atoms with van der Waals surface area (Å²) in [6, 6.07) is 0.383. The largest absolute Gasteiger partial charge is 0.470 e. The zero-order valence-corrected chi connectivity index (χ0v) is 8.01. The molecule has 0 spiro atoms. The normalized spacial score (nSPS) is 17.0. The number of aromatic nitrogens is 1. The standard InChI is InChI=1S/C9H8F4N2O/c10-7-1-5(9(11,12)13)2-15-8(7)16-6-3-14-4-6/h1-2,6,14H,3-4H2. The van der Waals surface area contributed by atoms with Crippen LogP contribution in [0, 0.1) is 5.82 Å². The van der Waals surface area contributed by atoms with E-state index in [0.717, 1.165) is 0 Å². The second kappa shape index (κ2) is 3.89. The van der Waals surface area contributed by atoms with E-state index in [0.29, 0.717) is 25.4 Å². The van der Waals surface area contributed by atoms with Crippen molar-refractivity contribution in [2.75, 3.05) is 13.1 Å². The molecule has 88 valence electrons. The monoisotopic (exact) mass is 236 g/mol. The Balaban J connectivity index is 2.15. The molecule has 0 unspecified atom stereocenters. The van der Waals surface area contributed by atoms with Gasteiger partial charge in [-0.15, -0.1) is 0 Å². The van der Waals surface area contributed by atoms with E-state index >= 15 is 0 Å². The highest BCUT2D eigenvalue weighted by molar-refractivity contribution is 5.22. The first-order valence-electron chi connectivity index (χ1n) is 4.57. The Morgan fingerprint density at radius 1 is 1.38 bits per heavy atom. The molecule has 0 atom stereocenters. The molecule has 0 aliphatic carbocycles. The minimum Gasteiger partial charge on any atom is -0.470 e. The quantitative estimate of drug-likeness (QED) is 0.792. The molecule has 0 radical (unpaired) electrons. The lowest BCUT2D eigenvalue weighted by atomic mass is 10.2. The van der Waals surface area contributed by atoms with Crippen LogP contribution in [-0.2, 0) is 6.18 Å². The van der Waals surface area contributed by atoms with Crippen LogP contribution in [-0.4, -0.2) is 24.2 Å². The van der Waals surface area contributed by atoms with Crippen molar-refractivity contribution in [3.63, 3.8) is 0 Å². The molecule has 1 aliphatic heterocycles. The fourth-order valence-electron chi connectivity index (χ4n) is 1.17. The molecule has 7 heteroatoms. The lowest BCUT2D eigenvalue weighted by molar-refractivity contribution is -0.138. The Kier molecular flexibility index (Phi) is 2.71. The predicted molar refractivity (Wildman–Crippen MR) is 46.5 cm³/mol. The van der Waals surface area contributed by atoms with E-state index in [1.807, 2.05) is 0 Å². The molecule has 1 N–H and O–H groups in total. The van der Waals surface area contributed by atoms with Gasteiger partial charge in [-0.1, -0.05) is 0 Å². The van der Waals surface area contributed by atoms with Gasteiger partial charge in [0.1, 0.15) is 6.10 Å². The van der Waals surface area contributed by atoms with E-state index in [2.05, 4.69) is 10.3 Å². The number of nitrogens with zero attached hydrogens (tertiary/aromatic N) is 1. The van der Waals surface area contributed by atoms with Gasteiger partial charge in [-0.3, -0.25) is 0 Å². The summed E-state index contributed by atoms with van der Waals surface area (Å²) < 4.78 is 54.8. The van der Waals surface area contributed by atoms with Gasteiger partial charge < -0.3 is 10.1 Å². The van der Waals surface area contributed by atoms with E-state index in [9.17, 15) is 17.6 Å². The fourth-order valence-corrected chi connectivity index (χ4v) is 1.17. The lowest BCUT2D eigenvalue weighted by Crippen LogP contribution is -2.50. The molecule has 0 saturated carbocycles. The van der Waals surface area contributed by atoms with Crippen molar-refractivity contribution >= 4 is 0 Å². The molecule has 3 nitrogen and oxygen atoms in total. The molecule has 0 bridgehead atoms. The predicted octanol–water partition coefficient (Wildman–Crippen LogP) is 1.59. The highest BCUT2D eigenvalue weighted by atomic mass is 19.4. The van der Waals surface area contributed by atoms with Crippen molar-refractivity contribution in [1.29, 1.82) is 0 Å². The van der Waals surface area contributed by atoms with Crippen LogP contribution >= 0.6 is 0 Å². The molecule has 0 amide bonds. The summed E-state index contributed by atoms with van der Waals surface area (Å²) in [5, 5.41) is 2.88. The molecular weight excluding hydrogens is 228 g/mol. The highest BCUT2D eigenvalue weighted by Gasteiger charge is 2.32. The molecule has 16 heavy (non-hydrogen) atoms. The number of halogens is 4. The molecule has 1 fully saturated rings. The summed E-state index contributed by atoms with van der Waals surface area (Å²) in [6.45, 7) is 1.09. The number of hydrogen-bond donors (Lipinski definition) is 1. The summed E-state index contributed by atoms with van der Waals surface area (Å²) in [6.07, 6.45) is -4.26. The maximum atomic E-state index is 13.2. The van der Waals surface area contributed by atoms with Crippen LogP contribution < -0.4 is 10.1 Å². The molecule has 1 saturated heterocycles. The lowest BCUT2D eigenvalue weighted by Gasteiger charge is -2.27. The van der Waals surface area contributed by atoms with Crippen LogP contribution in [0.3, 0.4) is 0 Å². The Bertz CT molecular complexity index is 390. The Morgan fingerprint density at radius 3 is 2.50 bits per heavy atom. The van der Waals surface area contributed by atoms with Crippen LogP contribution in [0.25, 0.3) is 0 Å². The van der Waals surface area contributed by atoms with Crippen LogP contribution in [0.5, 0.6) is 5.88 Å². The van der Waals surface area contributed by atoms with Gasteiger partial charge in [-0.05, 0) is 6.07 Å². The summed E-state index contributed by atoms with van der Waals surface area (Å²) in [4.78, 5) is 3.32. The minimum absolute atomic E-state index is 0.223. The van der Waals surface area contributed by atoms with Crippen molar-refractivity contribution < 1.29 is 22.3 Å². The summed E-state index contributed by atoms with van der Waals surface area (Å²) in [5.74, 6) is -1.48. The zero-order valence-electron chi connectivity index (χ0n) is 8.01. The van der Waals surface area contributed by atoms with Crippen molar-refractivity contribution in [2.45, 2.75) is 12.3 Å². The molecule has 2 rings (SSSR count). The van der Waals surface area contributed by atoms with Crippen LogP contribution in [0.1, 0.15) is 5.56 Å². The van der Waals surface area contributed by atoms with Crippen LogP contribution in [0.4, 0.5) is 17.6 Å². The van der Waals surface area contributed by atoms with E-state index in [1.54, 1.807) is 0 Å². The second-order valence-electron chi connectivity index (χ2n) is 3.41. The molecule has 1 aromatic heterocycles. The number of nitrogens with one attached hydrogen (secondary N) is 1. The van der Waals surface area contributed by atoms with Gasteiger partial charge in [0.05, 0.1) is 5.56 Å². The number of pyridine rings is 1. The fraction of sp³-hybridized carbons (Fsp3) is 0.444. The van der Waals surface area contributed by atoms with Gasteiger partial charge in [0.25, 0.3) is 5.88 Å². The third-order valence-corrected chi connectivity index (χ3v) is 2.16. The van der Waals surface area contributed by atoms with Crippen LogP contribution in [0.2, 0.25) is 0 Å². The first-order valence-corrected chi connectivity index (χ1v) is 4.57. The number of rotatable bonds is 2. The average Bonchev–Trinajstić information content (AvgIpc) is 2.11. The van der Waals surface area contributed by atoms with E-state index < -0.39 is 17.6 Å². The maximum Gasteiger partial charge on any atom is 0.417 e. The first kappa shape index (κ1) is 11.1. The number of alkyl halides is 3. The van der Waals surface area contributed by atoms with Gasteiger partial charge in [0.15, 0.2) is 5.82 Å². The summed E-state index contributed by atoms with van der Waals surface area (Å²) in [5.41, 5.74) is -1.12. The van der Waals surface area contributed by atoms with Crippen molar-refractivity contribution in [3.8, 4) is 5.88 Å². The van der Waals surface area contributed by atoms with Crippen molar-refractivity contribution in [1.82, 2.24) is 10.3 Å². The van der Waals surface area contributed by atoms with E-state index in [-0.39, 0.29) is 12.0 Å². The third-order valence-electron chi connectivity index (χ3n) is 2.16. The van der Waals surface area contributed by atoms with Crippen molar-refractivity contribution in [3.05, 3.63) is 23.6 Å².